The highest BCUT2D eigenvalue weighted by Crippen LogP contribution is 2.39. The van der Waals surface area contributed by atoms with Gasteiger partial charge in [-0.05, 0) is 0 Å². The van der Waals surface area contributed by atoms with Crippen LogP contribution in [0, 0.1) is 0 Å². The van der Waals surface area contributed by atoms with Gasteiger partial charge in [-0.1, -0.05) is 0 Å². The number of hydrogen-bond donors (Lipinski definition) is 1. The number of nitrogens with two attached hydrogens (primary N) is 1. The van der Waals surface area contributed by atoms with Crippen LogP contribution in [0.2, 0.25) is 0 Å². The lowest BCUT2D eigenvalue weighted by atomic mass is 10.2. The van der Waals surface area contributed by atoms with Crippen LogP contribution in [0.1, 0.15) is 5.69 Å². The predicted molar refractivity (Wildman–Crippen MR) is 50.2 cm³/mol. The first-order chi connectivity index (χ1) is 9.23. The molecule has 12 heteroatoms. The number of ether oxygens (including phenoxy) is 1. The van der Waals surface area contributed by atoms with Crippen LogP contribution in [-0.4, -0.2) is 23.4 Å². The minimum absolute atomic E-state index is 0.139. The fourth-order valence-corrected chi connectivity index (χ4v) is 1.15. The van der Waals surface area contributed by atoms with Crippen molar-refractivity contribution in [1.82, 2.24) is 4.98 Å². The number of aromatic nitrogens is 1. The summed E-state index contributed by atoms with van der Waals surface area (Å²) in [6.45, 7) is 0. The van der Waals surface area contributed by atoms with E-state index >= 15 is 0 Å². The number of alkyl halides is 9. The molecular weight excluding hydrogens is 323 g/mol. The van der Waals surface area contributed by atoms with Crippen molar-refractivity contribution in [3.8, 4) is 5.75 Å². The van der Waals surface area contributed by atoms with Crippen molar-refractivity contribution >= 4 is 5.69 Å². The first kappa shape index (κ1) is 17.2. The topological polar surface area (TPSA) is 48.1 Å². The standard InChI is InChI=1S/C9H5F9N2O/c10-7(11,12)5-1-4(3(19)2-20-5)21-6(8(13,14)15)9(16,17)18/h1-2,6H,19H2. The molecule has 3 nitrogen and oxygen atoms in total. The van der Waals surface area contributed by atoms with Gasteiger partial charge < -0.3 is 10.5 Å². The van der Waals surface area contributed by atoms with Crippen LogP contribution in [0.25, 0.3) is 0 Å². The Morgan fingerprint density at radius 1 is 0.952 bits per heavy atom. The molecular formula is C9H5F9N2O. The molecule has 0 bridgehead atoms. The lowest BCUT2D eigenvalue weighted by Crippen LogP contribution is -2.46. The summed E-state index contributed by atoms with van der Waals surface area (Å²) in [6, 6.07) is -0.139. The summed E-state index contributed by atoms with van der Waals surface area (Å²) in [4.78, 5) is 2.75. The Hall–Kier alpha value is -1.88. The van der Waals surface area contributed by atoms with Crippen molar-refractivity contribution in [2.24, 2.45) is 0 Å². The number of halogens is 9. The molecule has 0 radical (unpaired) electrons. The molecule has 0 spiro atoms. The summed E-state index contributed by atoms with van der Waals surface area (Å²) < 4.78 is 114. The third kappa shape index (κ3) is 4.29. The van der Waals surface area contributed by atoms with E-state index in [1.54, 1.807) is 0 Å². The van der Waals surface area contributed by atoms with Crippen LogP contribution >= 0.6 is 0 Å². The van der Waals surface area contributed by atoms with Gasteiger partial charge >= 0.3 is 18.5 Å². The zero-order valence-corrected chi connectivity index (χ0v) is 9.57. The minimum atomic E-state index is -5.88. The van der Waals surface area contributed by atoms with Gasteiger partial charge in [-0.3, -0.25) is 0 Å². The van der Waals surface area contributed by atoms with E-state index in [9.17, 15) is 39.5 Å². The van der Waals surface area contributed by atoms with E-state index in [2.05, 4.69) is 9.72 Å². The van der Waals surface area contributed by atoms with Crippen molar-refractivity contribution in [3.05, 3.63) is 18.0 Å². The number of rotatable bonds is 2. The molecule has 1 heterocycles. The number of anilines is 1. The van der Waals surface area contributed by atoms with Crippen LogP contribution < -0.4 is 10.5 Å². The quantitative estimate of drug-likeness (QED) is 0.845. The molecule has 0 atom stereocenters. The summed E-state index contributed by atoms with van der Waals surface area (Å²) in [6.07, 6.45) is -20.9. The maximum absolute atomic E-state index is 12.3. The summed E-state index contributed by atoms with van der Waals surface area (Å²) in [5, 5.41) is 0. The van der Waals surface area contributed by atoms with Gasteiger partial charge in [-0.25, -0.2) is 4.98 Å². The molecule has 0 unspecified atom stereocenters. The zero-order valence-electron chi connectivity index (χ0n) is 9.57. The molecule has 21 heavy (non-hydrogen) atoms. The van der Waals surface area contributed by atoms with Gasteiger partial charge in [0.15, 0.2) is 0 Å². The molecule has 0 fully saturated rings. The Morgan fingerprint density at radius 3 is 1.81 bits per heavy atom. The summed E-state index contributed by atoms with van der Waals surface area (Å²) in [5.74, 6) is -1.42. The Bertz CT molecular complexity index is 491. The van der Waals surface area contributed by atoms with Crippen molar-refractivity contribution in [1.29, 1.82) is 0 Å². The lowest BCUT2D eigenvalue weighted by Gasteiger charge is -2.24. The molecule has 0 aliphatic heterocycles. The van der Waals surface area contributed by atoms with E-state index in [1.807, 2.05) is 0 Å². The smallest absolute Gasteiger partial charge is 0.434 e. The minimum Gasteiger partial charge on any atom is -0.469 e. The number of pyridine rings is 1. The van der Waals surface area contributed by atoms with Crippen LogP contribution in [0.3, 0.4) is 0 Å². The van der Waals surface area contributed by atoms with E-state index in [0.717, 1.165) is 0 Å². The number of nitrogen functional groups attached to an aromatic ring is 1. The maximum Gasteiger partial charge on any atom is 0.434 e. The Kier molecular flexibility index (Phi) is 4.21. The van der Waals surface area contributed by atoms with Gasteiger partial charge in [0.05, 0.1) is 11.9 Å². The van der Waals surface area contributed by atoms with E-state index < -0.39 is 41.8 Å². The van der Waals surface area contributed by atoms with Crippen molar-refractivity contribution in [3.63, 3.8) is 0 Å². The average molecular weight is 328 g/mol. The van der Waals surface area contributed by atoms with E-state index in [-0.39, 0.29) is 12.3 Å². The fraction of sp³-hybridized carbons (Fsp3) is 0.444. The molecule has 2 N–H and O–H groups in total. The first-order valence-electron chi connectivity index (χ1n) is 4.85. The van der Waals surface area contributed by atoms with Crippen LogP contribution in [0.15, 0.2) is 12.3 Å². The van der Waals surface area contributed by atoms with Crippen LogP contribution in [0.5, 0.6) is 5.75 Å². The highest BCUT2D eigenvalue weighted by Gasteiger charge is 2.59. The highest BCUT2D eigenvalue weighted by atomic mass is 19.4. The second-order valence-corrected chi connectivity index (χ2v) is 3.69. The first-order valence-corrected chi connectivity index (χ1v) is 4.85. The van der Waals surface area contributed by atoms with Crippen molar-refractivity contribution < 1.29 is 44.3 Å². The van der Waals surface area contributed by atoms with Gasteiger partial charge in [0, 0.05) is 6.07 Å². The molecule has 0 aromatic carbocycles. The lowest BCUT2D eigenvalue weighted by molar-refractivity contribution is -0.299. The zero-order chi connectivity index (χ0) is 16.6. The summed E-state index contributed by atoms with van der Waals surface area (Å²) >= 11 is 0. The Balaban J connectivity index is 3.22. The van der Waals surface area contributed by atoms with Crippen molar-refractivity contribution in [2.45, 2.75) is 24.6 Å². The monoisotopic (exact) mass is 328 g/mol. The van der Waals surface area contributed by atoms with Crippen LogP contribution in [-0.2, 0) is 6.18 Å². The molecule has 0 saturated carbocycles. The van der Waals surface area contributed by atoms with Gasteiger partial charge in [-0.2, -0.15) is 39.5 Å². The average Bonchev–Trinajstić information content (AvgIpc) is 2.22. The molecule has 1 rings (SSSR count). The molecule has 0 aliphatic carbocycles. The molecule has 0 amide bonds. The van der Waals surface area contributed by atoms with Gasteiger partial charge in [0.2, 0.25) is 0 Å². The summed E-state index contributed by atoms with van der Waals surface area (Å²) in [7, 11) is 0. The van der Waals surface area contributed by atoms with Gasteiger partial charge in [0.25, 0.3) is 6.10 Å². The largest absolute Gasteiger partial charge is 0.469 e. The highest BCUT2D eigenvalue weighted by molar-refractivity contribution is 5.51. The predicted octanol–water partition coefficient (Wildman–Crippen LogP) is 3.55. The number of hydrogen-bond acceptors (Lipinski definition) is 3. The van der Waals surface area contributed by atoms with E-state index in [4.69, 9.17) is 5.73 Å². The Morgan fingerprint density at radius 2 is 1.43 bits per heavy atom. The molecule has 1 aromatic heterocycles. The van der Waals surface area contributed by atoms with Gasteiger partial charge in [0.1, 0.15) is 11.4 Å². The molecule has 0 saturated heterocycles. The fourth-order valence-electron chi connectivity index (χ4n) is 1.15. The molecule has 120 valence electrons. The third-order valence-electron chi connectivity index (χ3n) is 2.02. The second kappa shape index (κ2) is 5.15. The van der Waals surface area contributed by atoms with Gasteiger partial charge in [-0.15, -0.1) is 0 Å². The third-order valence-corrected chi connectivity index (χ3v) is 2.02. The Labute approximate surface area is 110 Å². The van der Waals surface area contributed by atoms with Crippen LogP contribution in [0.4, 0.5) is 45.2 Å². The van der Waals surface area contributed by atoms with Crippen molar-refractivity contribution in [2.75, 3.05) is 5.73 Å². The summed E-state index contributed by atoms with van der Waals surface area (Å²) in [5.41, 5.74) is 2.34. The second-order valence-electron chi connectivity index (χ2n) is 3.69. The normalized spacial score (nSPS) is 13.6. The maximum atomic E-state index is 12.3. The number of nitrogens with zero attached hydrogens (tertiary/aromatic N) is 1. The molecule has 1 aromatic rings. The van der Waals surface area contributed by atoms with E-state index in [0.29, 0.717) is 0 Å². The molecule has 0 aliphatic rings. The van der Waals surface area contributed by atoms with E-state index in [1.165, 1.54) is 0 Å². The SMILES string of the molecule is Nc1cnc(C(F)(F)F)cc1OC(C(F)(F)F)C(F)(F)F.